The predicted octanol–water partition coefficient (Wildman–Crippen LogP) is 10.8. The molecule has 7 aromatic carbocycles. The zero-order valence-electron chi connectivity index (χ0n) is 43.8. The van der Waals surface area contributed by atoms with Crippen molar-refractivity contribution in [3.63, 3.8) is 0 Å². The van der Waals surface area contributed by atoms with Crippen molar-refractivity contribution in [2.75, 3.05) is 19.0 Å². The fourth-order valence-corrected chi connectivity index (χ4v) is 10.1. The van der Waals surface area contributed by atoms with E-state index in [1.807, 2.05) is 117 Å². The van der Waals surface area contributed by atoms with Crippen LogP contribution in [0.3, 0.4) is 0 Å². The highest BCUT2D eigenvalue weighted by Gasteiger charge is 2.55. The molecule has 2 aliphatic heterocycles. The number of carbonyl (C=O) groups excluding carboxylic acids is 4. The highest BCUT2D eigenvalue weighted by molar-refractivity contribution is 7.99. The first kappa shape index (κ1) is 56.3. The molecule has 2 saturated heterocycles. The molecule has 0 aromatic heterocycles. The first-order chi connectivity index (χ1) is 38.7. The van der Waals surface area contributed by atoms with E-state index in [0.717, 1.165) is 22.3 Å². The quantitative estimate of drug-likeness (QED) is 0.0439. The van der Waals surface area contributed by atoms with Gasteiger partial charge in [0, 0.05) is 0 Å². The van der Waals surface area contributed by atoms with Gasteiger partial charge in [-0.2, -0.15) is 0 Å². The Morgan fingerprint density at radius 3 is 1.27 bits per heavy atom. The maximum atomic E-state index is 14.5. The van der Waals surface area contributed by atoms with E-state index in [1.54, 1.807) is 103 Å². The van der Waals surface area contributed by atoms with E-state index < -0.39 is 91.0 Å². The van der Waals surface area contributed by atoms with Gasteiger partial charge in [0.15, 0.2) is 30.7 Å². The largest absolute Gasteiger partial charge is 0.452 e. The number of hydrogen-bond acceptors (Lipinski definition) is 15. The Morgan fingerprint density at radius 1 is 0.392 bits per heavy atom. The second-order valence-electron chi connectivity index (χ2n) is 18.8. The Labute approximate surface area is 464 Å². The maximum absolute atomic E-state index is 14.5. The fourth-order valence-electron chi connectivity index (χ4n) is 9.15. The molecule has 0 radical (unpaired) electrons. The minimum Gasteiger partial charge on any atom is -0.452 e. The van der Waals surface area contributed by atoms with Crippen molar-refractivity contribution in [3.8, 4) is 0 Å². The van der Waals surface area contributed by atoms with Crippen LogP contribution in [0.2, 0.25) is 0 Å². The van der Waals surface area contributed by atoms with Gasteiger partial charge in [-0.15, -0.1) is 11.8 Å². The molecule has 0 amide bonds. The SMILES string of the molecule is CCS[C@@H]1O[C@H](CO[C@@H]2O[C@H](COCc3ccccc3)[C@@H](OCc3ccccc3)[C@H](OCc3ccccc3)[C@H]2OC(=O)c2ccc(C)cc2)[C@@H](OC(=O)c2ccccc2)[C@H](OC(=O)c2ccccc2)[C@H]1OC(=O)c1ccccc1. The van der Waals surface area contributed by atoms with Gasteiger partial charge in [0.1, 0.15) is 29.9 Å². The standard InChI is InChI=1S/C64H62O14S/c1-3-79-64-58(78-61(67)49-32-20-9-21-33-49)56(76-60(66)48-30-18-8-19-31-48)54(75-59(65)47-28-16-7-17-29-47)52(74-64)42-72-63-57(77-62(68)50-36-34-43(2)35-37-50)55(71-40-46-26-14-6-15-27-46)53(70-39-45-24-12-5-13-25-45)51(73-63)41-69-38-44-22-10-4-11-23-44/h4-37,51-58,63-64H,3,38-42H2,1-2H3/t51-,52-,53-,54-,55+,56+,57-,58-,63-,64+/m1/s1. The summed E-state index contributed by atoms with van der Waals surface area (Å²) in [6.07, 6.45) is -11.2. The van der Waals surface area contributed by atoms with Gasteiger partial charge in [-0.05, 0) is 77.9 Å². The van der Waals surface area contributed by atoms with Gasteiger partial charge in [-0.25, -0.2) is 19.2 Å². The molecule has 0 aliphatic carbocycles. The summed E-state index contributed by atoms with van der Waals surface area (Å²) in [5.74, 6) is -2.50. The molecule has 2 fully saturated rings. The van der Waals surface area contributed by atoms with Crippen molar-refractivity contribution in [1.29, 1.82) is 0 Å². The van der Waals surface area contributed by atoms with Crippen LogP contribution in [0.15, 0.2) is 206 Å². The van der Waals surface area contributed by atoms with Crippen LogP contribution >= 0.6 is 11.8 Å². The smallest absolute Gasteiger partial charge is 0.338 e. The van der Waals surface area contributed by atoms with Gasteiger partial charge >= 0.3 is 23.9 Å². The van der Waals surface area contributed by atoms with Crippen LogP contribution in [-0.2, 0) is 67.2 Å². The lowest BCUT2D eigenvalue weighted by Gasteiger charge is -2.47. The molecule has 0 saturated carbocycles. The second kappa shape index (κ2) is 28.4. The normalized spacial score (nSPS) is 22.7. The van der Waals surface area contributed by atoms with E-state index in [-0.39, 0.29) is 48.7 Å². The lowest BCUT2D eigenvalue weighted by atomic mass is 9.97. The third-order valence-corrected chi connectivity index (χ3v) is 14.2. The number of rotatable bonds is 23. The molecule has 0 unspecified atom stereocenters. The fraction of sp³-hybridized carbons (Fsp3) is 0.281. The van der Waals surface area contributed by atoms with Crippen LogP contribution in [0, 0.1) is 6.92 Å². The van der Waals surface area contributed by atoms with Crippen LogP contribution in [0.4, 0.5) is 0 Å². The summed E-state index contributed by atoms with van der Waals surface area (Å²) in [6.45, 7) is 3.83. The van der Waals surface area contributed by atoms with E-state index >= 15 is 0 Å². The summed E-state index contributed by atoms with van der Waals surface area (Å²) in [7, 11) is 0. The molecule has 7 aromatic rings. The topological polar surface area (TPSA) is 161 Å². The highest BCUT2D eigenvalue weighted by Crippen LogP contribution is 2.37. The lowest BCUT2D eigenvalue weighted by Crippen LogP contribution is -2.64. The molecule has 2 heterocycles. The average Bonchev–Trinajstić information content (AvgIpc) is 3.50. The molecule has 14 nitrogen and oxygen atoms in total. The van der Waals surface area contributed by atoms with Crippen molar-refractivity contribution in [3.05, 3.63) is 251 Å². The number of thioether (sulfide) groups is 1. The highest BCUT2D eigenvalue weighted by atomic mass is 32.2. The number of benzene rings is 7. The van der Waals surface area contributed by atoms with Crippen LogP contribution in [0.25, 0.3) is 0 Å². The minimum atomic E-state index is -1.49. The van der Waals surface area contributed by atoms with Crippen LogP contribution in [0.1, 0.15) is 70.6 Å². The summed E-state index contributed by atoms with van der Waals surface area (Å²) in [5, 5.41) is 0. The molecule has 408 valence electrons. The van der Waals surface area contributed by atoms with E-state index in [4.69, 9.17) is 47.4 Å². The monoisotopic (exact) mass is 1090 g/mol. The molecule has 0 N–H and O–H groups in total. The minimum absolute atomic E-state index is 0.0174. The Kier molecular flexibility index (Phi) is 20.2. The van der Waals surface area contributed by atoms with E-state index in [9.17, 15) is 19.2 Å². The number of hydrogen-bond donors (Lipinski definition) is 0. The van der Waals surface area contributed by atoms with Crippen molar-refractivity contribution in [2.24, 2.45) is 0 Å². The Hall–Kier alpha value is -7.47. The Morgan fingerprint density at radius 2 is 0.785 bits per heavy atom. The molecule has 79 heavy (non-hydrogen) atoms. The molecular weight excluding hydrogens is 1020 g/mol. The Balaban J connectivity index is 1.11. The third kappa shape index (κ3) is 15.4. The van der Waals surface area contributed by atoms with Crippen LogP contribution in [-0.4, -0.2) is 103 Å². The second-order valence-corrected chi connectivity index (χ2v) is 20.2. The Bertz CT molecular complexity index is 2990. The summed E-state index contributed by atoms with van der Waals surface area (Å²) >= 11 is 1.29. The zero-order valence-corrected chi connectivity index (χ0v) is 44.6. The van der Waals surface area contributed by atoms with Gasteiger partial charge in [0.2, 0.25) is 0 Å². The number of ether oxygens (including phenoxy) is 10. The summed E-state index contributed by atoms with van der Waals surface area (Å²) < 4.78 is 66.3. The molecule has 15 heteroatoms. The van der Waals surface area contributed by atoms with Gasteiger partial charge in [0.05, 0.1) is 55.3 Å². The zero-order chi connectivity index (χ0) is 54.8. The summed E-state index contributed by atoms with van der Waals surface area (Å²) in [5.41, 5.74) is 3.46. The van der Waals surface area contributed by atoms with Crippen molar-refractivity contribution in [2.45, 2.75) is 94.2 Å². The van der Waals surface area contributed by atoms with Gasteiger partial charge in [-0.3, -0.25) is 0 Å². The molecule has 10 atom stereocenters. The van der Waals surface area contributed by atoms with Crippen LogP contribution < -0.4 is 0 Å². The van der Waals surface area contributed by atoms with E-state index in [2.05, 4.69) is 0 Å². The van der Waals surface area contributed by atoms with Gasteiger partial charge in [0.25, 0.3) is 0 Å². The molecule has 9 rings (SSSR count). The molecule has 2 aliphatic rings. The average molecular weight is 1090 g/mol. The van der Waals surface area contributed by atoms with Gasteiger partial charge in [-0.1, -0.05) is 170 Å². The first-order valence-electron chi connectivity index (χ1n) is 26.2. The number of carbonyl (C=O) groups is 4. The lowest BCUT2D eigenvalue weighted by molar-refractivity contribution is -0.325. The van der Waals surface area contributed by atoms with Crippen molar-refractivity contribution >= 4 is 35.6 Å². The maximum Gasteiger partial charge on any atom is 0.338 e. The molecule has 0 bridgehead atoms. The number of aryl methyl sites for hydroxylation is 1. The van der Waals surface area contributed by atoms with E-state index in [0.29, 0.717) is 5.75 Å². The van der Waals surface area contributed by atoms with Crippen molar-refractivity contribution < 1.29 is 66.5 Å². The summed E-state index contributed by atoms with van der Waals surface area (Å²) in [6, 6.07) is 60.8. The van der Waals surface area contributed by atoms with E-state index in [1.165, 1.54) is 11.8 Å². The summed E-state index contributed by atoms with van der Waals surface area (Å²) in [4.78, 5) is 57.1. The predicted molar refractivity (Wildman–Crippen MR) is 295 cm³/mol. The molecule has 0 spiro atoms. The van der Waals surface area contributed by atoms with Crippen LogP contribution in [0.5, 0.6) is 0 Å². The molecular formula is C64H62O14S. The number of esters is 4. The third-order valence-electron chi connectivity index (χ3n) is 13.2. The van der Waals surface area contributed by atoms with Crippen molar-refractivity contribution in [1.82, 2.24) is 0 Å². The van der Waals surface area contributed by atoms with Gasteiger partial charge < -0.3 is 47.4 Å². The first-order valence-corrected chi connectivity index (χ1v) is 27.3.